The van der Waals surface area contributed by atoms with Crippen molar-refractivity contribution in [1.29, 1.82) is 0 Å². The van der Waals surface area contributed by atoms with Crippen LogP contribution in [-0.4, -0.2) is 10.5 Å². The van der Waals surface area contributed by atoms with Gasteiger partial charge in [-0.25, -0.2) is 4.79 Å². The van der Waals surface area contributed by atoms with Crippen LogP contribution in [0.5, 0.6) is 5.75 Å². The average molecular weight is 455 g/mol. The molecule has 4 aromatic rings. The SMILES string of the molecule is O=C(Cn1c2ccccc2c(=O)c2ccccc21)Oc1cccc(I)c1. The number of nitrogens with zero attached hydrogens (tertiary/aromatic N) is 1. The van der Waals surface area contributed by atoms with Crippen molar-refractivity contribution >= 4 is 50.4 Å². The molecule has 0 aliphatic heterocycles. The summed E-state index contributed by atoms with van der Waals surface area (Å²) >= 11 is 2.17. The van der Waals surface area contributed by atoms with E-state index < -0.39 is 0 Å². The predicted octanol–water partition coefficient (Wildman–Crippen LogP) is 4.36. The molecular formula is C21H14INO3. The van der Waals surface area contributed by atoms with E-state index in [4.69, 9.17) is 4.74 Å². The predicted molar refractivity (Wildman–Crippen MR) is 111 cm³/mol. The second kappa shape index (κ2) is 6.92. The van der Waals surface area contributed by atoms with E-state index in [0.717, 1.165) is 14.6 Å². The zero-order valence-corrected chi connectivity index (χ0v) is 15.8. The fourth-order valence-electron chi connectivity index (χ4n) is 3.07. The first kappa shape index (κ1) is 16.8. The lowest BCUT2D eigenvalue weighted by Crippen LogP contribution is -2.19. The maximum Gasteiger partial charge on any atom is 0.331 e. The Hall–Kier alpha value is -2.67. The number of hydrogen-bond donors (Lipinski definition) is 0. The molecule has 0 N–H and O–H groups in total. The molecule has 1 aromatic heterocycles. The summed E-state index contributed by atoms with van der Waals surface area (Å²) < 4.78 is 8.31. The summed E-state index contributed by atoms with van der Waals surface area (Å²) in [5.74, 6) is 0.127. The number of carbonyl (C=O) groups excluding carboxylic acids is 1. The van der Waals surface area contributed by atoms with E-state index in [-0.39, 0.29) is 17.9 Å². The summed E-state index contributed by atoms with van der Waals surface area (Å²) in [5.41, 5.74) is 1.41. The normalized spacial score (nSPS) is 11.0. The summed E-state index contributed by atoms with van der Waals surface area (Å²) in [5, 5.41) is 1.18. The van der Waals surface area contributed by atoms with Crippen molar-refractivity contribution < 1.29 is 9.53 Å². The lowest BCUT2D eigenvalue weighted by atomic mass is 10.1. The molecule has 26 heavy (non-hydrogen) atoms. The van der Waals surface area contributed by atoms with Gasteiger partial charge in [0.2, 0.25) is 0 Å². The summed E-state index contributed by atoms with van der Waals surface area (Å²) in [6, 6.07) is 22.0. The number of fused-ring (bicyclic) bond motifs is 2. The number of carbonyl (C=O) groups is 1. The van der Waals surface area contributed by atoms with Crippen molar-refractivity contribution in [3.8, 4) is 5.75 Å². The number of esters is 1. The van der Waals surface area contributed by atoms with Crippen LogP contribution in [0.4, 0.5) is 0 Å². The second-order valence-electron chi connectivity index (χ2n) is 5.88. The van der Waals surface area contributed by atoms with Crippen LogP contribution in [0.1, 0.15) is 0 Å². The van der Waals surface area contributed by atoms with Crippen molar-refractivity contribution in [2.75, 3.05) is 0 Å². The van der Waals surface area contributed by atoms with Crippen molar-refractivity contribution in [2.24, 2.45) is 0 Å². The third-order valence-corrected chi connectivity index (χ3v) is 4.86. The number of hydrogen-bond acceptors (Lipinski definition) is 3. The van der Waals surface area contributed by atoms with Gasteiger partial charge in [0.1, 0.15) is 12.3 Å². The van der Waals surface area contributed by atoms with Crippen LogP contribution in [-0.2, 0) is 11.3 Å². The van der Waals surface area contributed by atoms with Gasteiger partial charge in [0.25, 0.3) is 0 Å². The molecule has 0 spiro atoms. The van der Waals surface area contributed by atoms with Gasteiger partial charge < -0.3 is 9.30 Å². The van der Waals surface area contributed by atoms with E-state index in [1.807, 2.05) is 53.1 Å². The Morgan fingerprint density at radius 1 is 0.885 bits per heavy atom. The summed E-state index contributed by atoms with van der Waals surface area (Å²) in [7, 11) is 0. The van der Waals surface area contributed by atoms with Crippen LogP contribution in [0.3, 0.4) is 0 Å². The Morgan fingerprint density at radius 3 is 2.12 bits per heavy atom. The highest BCUT2D eigenvalue weighted by atomic mass is 127. The van der Waals surface area contributed by atoms with Crippen LogP contribution >= 0.6 is 22.6 Å². The molecule has 128 valence electrons. The first-order chi connectivity index (χ1) is 12.6. The Labute approximate surface area is 163 Å². The lowest BCUT2D eigenvalue weighted by Gasteiger charge is -2.14. The Bertz CT molecular complexity index is 1140. The molecular weight excluding hydrogens is 441 g/mol. The molecule has 0 saturated carbocycles. The lowest BCUT2D eigenvalue weighted by molar-refractivity contribution is -0.134. The molecule has 0 amide bonds. The van der Waals surface area contributed by atoms with Crippen LogP contribution in [0.15, 0.2) is 77.6 Å². The van der Waals surface area contributed by atoms with Gasteiger partial charge in [0.05, 0.1) is 11.0 Å². The van der Waals surface area contributed by atoms with Crippen molar-refractivity contribution in [3.63, 3.8) is 0 Å². The molecule has 0 aliphatic carbocycles. The average Bonchev–Trinajstić information content (AvgIpc) is 2.65. The van der Waals surface area contributed by atoms with Crippen LogP contribution < -0.4 is 10.2 Å². The van der Waals surface area contributed by atoms with Crippen molar-refractivity contribution in [2.45, 2.75) is 6.54 Å². The fourth-order valence-corrected chi connectivity index (χ4v) is 3.59. The van der Waals surface area contributed by atoms with Gasteiger partial charge in [-0.05, 0) is 65.1 Å². The Kier molecular flexibility index (Phi) is 4.46. The van der Waals surface area contributed by atoms with Gasteiger partial charge >= 0.3 is 5.97 Å². The molecule has 0 unspecified atom stereocenters. The number of halogens is 1. The quantitative estimate of drug-likeness (QED) is 0.200. The Balaban J connectivity index is 1.81. The first-order valence-electron chi connectivity index (χ1n) is 8.10. The number of para-hydroxylation sites is 2. The van der Waals surface area contributed by atoms with Gasteiger partial charge in [-0.2, -0.15) is 0 Å². The maximum atomic E-state index is 12.7. The molecule has 0 fully saturated rings. The van der Waals surface area contributed by atoms with E-state index in [1.54, 1.807) is 24.3 Å². The van der Waals surface area contributed by atoms with E-state index in [9.17, 15) is 9.59 Å². The van der Waals surface area contributed by atoms with Gasteiger partial charge in [0.15, 0.2) is 5.43 Å². The second-order valence-corrected chi connectivity index (χ2v) is 7.13. The highest BCUT2D eigenvalue weighted by molar-refractivity contribution is 14.1. The highest BCUT2D eigenvalue weighted by Crippen LogP contribution is 2.20. The summed E-state index contributed by atoms with van der Waals surface area (Å²) in [6.45, 7) is 0.0206. The van der Waals surface area contributed by atoms with E-state index in [1.165, 1.54) is 0 Å². The van der Waals surface area contributed by atoms with Crippen molar-refractivity contribution in [1.82, 2.24) is 4.57 Å². The number of ether oxygens (including phenoxy) is 1. The minimum atomic E-state index is -0.383. The number of pyridine rings is 1. The van der Waals surface area contributed by atoms with E-state index in [2.05, 4.69) is 22.6 Å². The van der Waals surface area contributed by atoms with Crippen LogP contribution in [0.2, 0.25) is 0 Å². The smallest absolute Gasteiger partial charge is 0.331 e. The van der Waals surface area contributed by atoms with E-state index in [0.29, 0.717) is 16.5 Å². The highest BCUT2D eigenvalue weighted by Gasteiger charge is 2.14. The van der Waals surface area contributed by atoms with Crippen molar-refractivity contribution in [3.05, 3.63) is 86.6 Å². The molecule has 0 bridgehead atoms. The van der Waals surface area contributed by atoms with E-state index >= 15 is 0 Å². The summed E-state index contributed by atoms with van der Waals surface area (Å²) in [4.78, 5) is 25.3. The minimum absolute atomic E-state index is 0.0206. The number of aromatic nitrogens is 1. The molecule has 5 heteroatoms. The largest absolute Gasteiger partial charge is 0.425 e. The van der Waals surface area contributed by atoms with Gasteiger partial charge in [-0.15, -0.1) is 0 Å². The van der Waals surface area contributed by atoms with Gasteiger partial charge in [-0.3, -0.25) is 4.79 Å². The van der Waals surface area contributed by atoms with Crippen LogP contribution in [0.25, 0.3) is 21.8 Å². The fraction of sp³-hybridized carbons (Fsp3) is 0.0476. The standard InChI is InChI=1S/C21H14INO3/c22-14-6-5-7-15(12-14)26-20(24)13-23-18-10-3-1-8-16(18)21(25)17-9-2-4-11-19(17)23/h1-12H,13H2. The molecule has 3 aromatic carbocycles. The van der Waals surface area contributed by atoms with Gasteiger partial charge in [-0.1, -0.05) is 30.3 Å². The molecule has 0 radical (unpaired) electrons. The summed E-state index contributed by atoms with van der Waals surface area (Å²) in [6.07, 6.45) is 0. The molecule has 0 saturated heterocycles. The Morgan fingerprint density at radius 2 is 1.50 bits per heavy atom. The van der Waals surface area contributed by atoms with Gasteiger partial charge in [0, 0.05) is 14.3 Å². The maximum absolute atomic E-state index is 12.7. The topological polar surface area (TPSA) is 48.3 Å². The molecule has 4 rings (SSSR count). The molecule has 0 aliphatic rings. The third kappa shape index (κ3) is 3.10. The molecule has 0 atom stereocenters. The zero-order valence-electron chi connectivity index (χ0n) is 13.7. The number of rotatable bonds is 3. The number of benzene rings is 3. The molecule has 1 heterocycles. The monoisotopic (exact) mass is 455 g/mol. The van der Waals surface area contributed by atoms with Crippen LogP contribution in [0, 0.1) is 3.57 Å². The first-order valence-corrected chi connectivity index (χ1v) is 9.18. The minimum Gasteiger partial charge on any atom is -0.425 e. The third-order valence-electron chi connectivity index (χ3n) is 4.19. The zero-order chi connectivity index (χ0) is 18.1. The molecule has 4 nitrogen and oxygen atoms in total.